The standard InChI is InChI=1S/C16H13Cl2N5O/c17-10-3-6-13(18)12(7-10)15-21-14(22-23-15)8-20-16(24)9-1-4-11(19)5-2-9/h1-7H,8,19H2,(H,20,24)(H,21,22,23). The minimum atomic E-state index is -0.228. The fourth-order valence-electron chi connectivity index (χ4n) is 2.06. The third-order valence-corrected chi connectivity index (χ3v) is 3.85. The second-order valence-electron chi connectivity index (χ2n) is 5.03. The summed E-state index contributed by atoms with van der Waals surface area (Å²) >= 11 is 12.1. The molecule has 0 unspecified atom stereocenters. The van der Waals surface area contributed by atoms with E-state index in [2.05, 4.69) is 20.5 Å². The number of nitrogen functional groups attached to an aromatic ring is 1. The number of aromatic nitrogens is 3. The first-order valence-electron chi connectivity index (χ1n) is 7.03. The molecule has 4 N–H and O–H groups in total. The van der Waals surface area contributed by atoms with E-state index in [1.54, 1.807) is 42.5 Å². The molecule has 0 radical (unpaired) electrons. The average molecular weight is 362 g/mol. The highest BCUT2D eigenvalue weighted by Crippen LogP contribution is 2.28. The van der Waals surface area contributed by atoms with Crippen molar-refractivity contribution in [1.29, 1.82) is 0 Å². The summed E-state index contributed by atoms with van der Waals surface area (Å²) in [4.78, 5) is 16.4. The van der Waals surface area contributed by atoms with Crippen molar-refractivity contribution in [3.8, 4) is 11.4 Å². The summed E-state index contributed by atoms with van der Waals surface area (Å²) in [5.41, 5.74) is 7.34. The average Bonchev–Trinajstić information content (AvgIpc) is 3.04. The quantitative estimate of drug-likeness (QED) is 0.621. The molecule has 8 heteroatoms. The topological polar surface area (TPSA) is 96.7 Å². The summed E-state index contributed by atoms with van der Waals surface area (Å²) in [7, 11) is 0. The van der Waals surface area contributed by atoms with Crippen LogP contribution >= 0.6 is 23.2 Å². The van der Waals surface area contributed by atoms with Crippen LogP contribution in [-0.4, -0.2) is 21.1 Å². The van der Waals surface area contributed by atoms with Gasteiger partial charge < -0.3 is 11.1 Å². The Bertz CT molecular complexity index is 876. The van der Waals surface area contributed by atoms with Crippen LogP contribution in [-0.2, 0) is 6.54 Å². The predicted molar refractivity (Wildman–Crippen MR) is 93.9 cm³/mol. The molecule has 0 aliphatic carbocycles. The number of nitrogens with two attached hydrogens (primary N) is 1. The SMILES string of the molecule is Nc1ccc(C(=O)NCc2nc(-c3cc(Cl)ccc3Cl)n[nH]2)cc1. The Morgan fingerprint density at radius 2 is 1.92 bits per heavy atom. The summed E-state index contributed by atoms with van der Waals surface area (Å²) in [6.07, 6.45) is 0. The summed E-state index contributed by atoms with van der Waals surface area (Å²) in [5.74, 6) is 0.692. The zero-order valence-corrected chi connectivity index (χ0v) is 13.9. The Kier molecular flexibility index (Phi) is 4.69. The van der Waals surface area contributed by atoms with E-state index < -0.39 is 0 Å². The van der Waals surface area contributed by atoms with Crippen molar-refractivity contribution in [2.24, 2.45) is 0 Å². The molecule has 1 heterocycles. The summed E-state index contributed by atoms with van der Waals surface area (Å²) < 4.78 is 0. The lowest BCUT2D eigenvalue weighted by Crippen LogP contribution is -2.23. The van der Waals surface area contributed by atoms with Gasteiger partial charge in [0.25, 0.3) is 5.91 Å². The molecule has 1 amide bonds. The molecule has 2 aromatic carbocycles. The largest absolute Gasteiger partial charge is 0.399 e. The summed E-state index contributed by atoms with van der Waals surface area (Å²) in [5, 5.41) is 10.7. The molecule has 3 aromatic rings. The number of benzene rings is 2. The first kappa shape index (κ1) is 16.3. The molecule has 0 aliphatic heterocycles. The van der Waals surface area contributed by atoms with Gasteiger partial charge in [0.1, 0.15) is 5.82 Å². The van der Waals surface area contributed by atoms with Gasteiger partial charge in [-0.2, -0.15) is 5.10 Å². The molecule has 122 valence electrons. The van der Waals surface area contributed by atoms with E-state index in [9.17, 15) is 4.79 Å². The number of anilines is 1. The number of nitrogens with one attached hydrogen (secondary N) is 2. The number of H-pyrrole nitrogens is 1. The van der Waals surface area contributed by atoms with E-state index in [1.165, 1.54) is 0 Å². The summed E-state index contributed by atoms with van der Waals surface area (Å²) in [6, 6.07) is 11.7. The molecule has 0 spiro atoms. The van der Waals surface area contributed by atoms with Gasteiger partial charge in [0, 0.05) is 21.8 Å². The van der Waals surface area contributed by atoms with Crippen molar-refractivity contribution >= 4 is 34.8 Å². The first-order chi connectivity index (χ1) is 11.5. The number of halogens is 2. The van der Waals surface area contributed by atoms with Gasteiger partial charge in [0.15, 0.2) is 5.82 Å². The number of amides is 1. The van der Waals surface area contributed by atoms with Crippen molar-refractivity contribution in [3.63, 3.8) is 0 Å². The van der Waals surface area contributed by atoms with Crippen LogP contribution < -0.4 is 11.1 Å². The lowest BCUT2D eigenvalue weighted by atomic mass is 10.2. The minimum Gasteiger partial charge on any atom is -0.399 e. The zero-order chi connectivity index (χ0) is 17.1. The van der Waals surface area contributed by atoms with Crippen LogP contribution in [0.1, 0.15) is 16.2 Å². The number of aromatic amines is 1. The van der Waals surface area contributed by atoms with Crippen LogP contribution in [0.2, 0.25) is 10.0 Å². The van der Waals surface area contributed by atoms with Crippen LogP contribution in [0.25, 0.3) is 11.4 Å². The lowest BCUT2D eigenvalue weighted by molar-refractivity contribution is 0.0950. The van der Waals surface area contributed by atoms with Gasteiger partial charge in [-0.1, -0.05) is 23.2 Å². The maximum atomic E-state index is 12.1. The van der Waals surface area contributed by atoms with E-state index in [0.29, 0.717) is 38.5 Å². The van der Waals surface area contributed by atoms with E-state index in [4.69, 9.17) is 28.9 Å². The van der Waals surface area contributed by atoms with Gasteiger partial charge in [-0.3, -0.25) is 9.89 Å². The molecule has 0 bridgehead atoms. The Labute approximate surface area is 148 Å². The Morgan fingerprint density at radius 3 is 2.67 bits per heavy atom. The van der Waals surface area contributed by atoms with Crippen LogP contribution in [0.4, 0.5) is 5.69 Å². The monoisotopic (exact) mass is 361 g/mol. The van der Waals surface area contributed by atoms with Gasteiger partial charge in [0.2, 0.25) is 0 Å². The molecule has 0 fully saturated rings. The normalized spacial score (nSPS) is 10.6. The number of hydrogen-bond donors (Lipinski definition) is 3. The minimum absolute atomic E-state index is 0.203. The highest BCUT2D eigenvalue weighted by atomic mass is 35.5. The van der Waals surface area contributed by atoms with Crippen LogP contribution in [0.5, 0.6) is 0 Å². The van der Waals surface area contributed by atoms with Gasteiger partial charge in [0.05, 0.1) is 11.6 Å². The van der Waals surface area contributed by atoms with Gasteiger partial charge in [-0.05, 0) is 42.5 Å². The summed E-state index contributed by atoms with van der Waals surface area (Å²) in [6.45, 7) is 0.203. The van der Waals surface area contributed by atoms with Crippen molar-refractivity contribution in [1.82, 2.24) is 20.5 Å². The molecule has 24 heavy (non-hydrogen) atoms. The van der Waals surface area contributed by atoms with Crippen molar-refractivity contribution < 1.29 is 4.79 Å². The van der Waals surface area contributed by atoms with Gasteiger partial charge in [-0.15, -0.1) is 0 Å². The van der Waals surface area contributed by atoms with E-state index in [-0.39, 0.29) is 12.5 Å². The van der Waals surface area contributed by atoms with Crippen LogP contribution in [0, 0.1) is 0 Å². The van der Waals surface area contributed by atoms with E-state index in [1.807, 2.05) is 0 Å². The fourth-order valence-corrected chi connectivity index (χ4v) is 2.44. The molecular weight excluding hydrogens is 349 g/mol. The Balaban J connectivity index is 1.69. The number of rotatable bonds is 4. The molecule has 0 atom stereocenters. The maximum Gasteiger partial charge on any atom is 0.251 e. The Morgan fingerprint density at radius 1 is 1.17 bits per heavy atom. The van der Waals surface area contributed by atoms with Crippen LogP contribution in [0.15, 0.2) is 42.5 Å². The number of carbonyl (C=O) groups is 1. The second kappa shape index (κ2) is 6.90. The van der Waals surface area contributed by atoms with Gasteiger partial charge >= 0.3 is 0 Å². The van der Waals surface area contributed by atoms with E-state index in [0.717, 1.165) is 0 Å². The molecule has 1 aromatic heterocycles. The first-order valence-corrected chi connectivity index (χ1v) is 7.79. The zero-order valence-electron chi connectivity index (χ0n) is 12.4. The van der Waals surface area contributed by atoms with Crippen molar-refractivity contribution in [3.05, 3.63) is 63.9 Å². The molecule has 0 saturated heterocycles. The number of carbonyl (C=O) groups excluding carboxylic acids is 1. The molecule has 0 aliphatic rings. The van der Waals surface area contributed by atoms with E-state index >= 15 is 0 Å². The molecule has 3 rings (SSSR count). The number of hydrogen-bond acceptors (Lipinski definition) is 4. The van der Waals surface area contributed by atoms with Crippen molar-refractivity contribution in [2.75, 3.05) is 5.73 Å². The molecular formula is C16H13Cl2N5O. The van der Waals surface area contributed by atoms with Crippen molar-refractivity contribution in [2.45, 2.75) is 6.54 Å². The smallest absolute Gasteiger partial charge is 0.251 e. The third kappa shape index (κ3) is 3.67. The Hall–Kier alpha value is -2.57. The molecule has 6 nitrogen and oxygen atoms in total. The highest BCUT2D eigenvalue weighted by Gasteiger charge is 2.11. The third-order valence-electron chi connectivity index (χ3n) is 3.29. The fraction of sp³-hybridized carbons (Fsp3) is 0.0625. The number of nitrogens with zero attached hydrogens (tertiary/aromatic N) is 2. The molecule has 0 saturated carbocycles. The highest BCUT2D eigenvalue weighted by molar-refractivity contribution is 6.35. The second-order valence-corrected chi connectivity index (χ2v) is 5.88. The predicted octanol–water partition coefficient (Wildman–Crippen LogP) is 3.29. The lowest BCUT2D eigenvalue weighted by Gasteiger charge is -2.03. The maximum absolute atomic E-state index is 12.1. The van der Waals surface area contributed by atoms with Crippen LogP contribution in [0.3, 0.4) is 0 Å². The van der Waals surface area contributed by atoms with Gasteiger partial charge in [-0.25, -0.2) is 4.98 Å².